The fourth-order valence-electron chi connectivity index (χ4n) is 18.6. The van der Waals surface area contributed by atoms with Gasteiger partial charge in [-0.05, 0) is 193 Å². The van der Waals surface area contributed by atoms with Crippen LogP contribution in [0.1, 0.15) is 288 Å². The second-order valence-electron chi connectivity index (χ2n) is 36.5. The average Bonchev–Trinajstić information content (AvgIpc) is 1.86. The predicted octanol–water partition coefficient (Wildman–Crippen LogP) is 22.6. The zero-order valence-electron chi connectivity index (χ0n) is 74.7. The van der Waals surface area contributed by atoms with Crippen molar-refractivity contribution in [2.45, 2.75) is 296 Å². The van der Waals surface area contributed by atoms with Crippen molar-refractivity contribution in [1.82, 2.24) is 0 Å². The first-order valence-corrected chi connectivity index (χ1v) is 46.9. The minimum atomic E-state index is -1.02. The highest BCUT2D eigenvalue weighted by molar-refractivity contribution is 5.89. The summed E-state index contributed by atoms with van der Waals surface area (Å²) in [7, 11) is 0. The molecule has 18 nitrogen and oxygen atoms in total. The highest BCUT2D eigenvalue weighted by Gasteiger charge is 2.35. The van der Waals surface area contributed by atoms with Crippen LogP contribution >= 0.6 is 0 Å². The number of ketones is 6. The normalized spacial score (nSPS) is 17.5. The topological polar surface area (TPSA) is 326 Å². The summed E-state index contributed by atoms with van der Waals surface area (Å²) in [5, 5.41) is 56.1. The summed E-state index contributed by atoms with van der Waals surface area (Å²) >= 11 is 0. The standard InChI is InChI=1S/C19H26O3.2C18H23FO3.C18H24O3.C17H22O3.C16H19FO3/c1-14-8-10-15(11-9-14)12-17(19(21)22)13-18(20)16-6-4-2-3-5-7-16;19-16-9-5-6-13(11-16)10-15(18(21)22)12-17(20)14-7-3-1-2-4-8-14;19-16-10-6-5-9-14(16)11-15(18(21)22)12-17(20)13-7-3-1-2-4-8-13;19-17(15-10-6-1-2-7-11-15)13-16(18(20)21)12-14-8-4-3-5-9-14;1-12-6-8-13(9-7-12)10-15(17(19)20)11-16(18)14-4-2-3-5-14;17-14-7-3-4-11(9-14)8-13(16(19)20)10-15(18)12-5-1-2-6-12/h8-11,16-17H,2-7,12-13H2,1H3,(H,21,22);5-6,9,11,14-15H,1-4,7-8,10,12H2,(H,21,22);5-6,9-10,13,15H,1-4,7-8,11-12H2,(H,21,22);3-5,8-9,15-16H,1-2,6-7,10-13H2,(H,20,21);6-9,14-15H,2-5,10-11H2,1H3,(H,19,20);3-4,7,9,12-13H,1-2,5-6,8,10H2,(H,19,20). The predicted molar refractivity (Wildman–Crippen MR) is 483 cm³/mol. The van der Waals surface area contributed by atoms with Gasteiger partial charge in [-0.3, -0.25) is 57.5 Å². The van der Waals surface area contributed by atoms with Gasteiger partial charge in [0.25, 0.3) is 0 Å². The van der Waals surface area contributed by atoms with E-state index in [-0.39, 0.29) is 140 Å². The van der Waals surface area contributed by atoms with Crippen LogP contribution in [0, 0.1) is 102 Å². The van der Waals surface area contributed by atoms with E-state index in [0.29, 0.717) is 36.0 Å². The maximum Gasteiger partial charge on any atom is 0.307 e. The van der Waals surface area contributed by atoms with Crippen molar-refractivity contribution in [2.75, 3.05) is 0 Å². The third kappa shape index (κ3) is 39.6. The van der Waals surface area contributed by atoms with Gasteiger partial charge in [-0.25, -0.2) is 13.2 Å². The maximum absolute atomic E-state index is 13.7. The van der Waals surface area contributed by atoms with Crippen molar-refractivity contribution in [2.24, 2.45) is 71.0 Å². The molecule has 6 N–H and O–H groups in total. The number of halogens is 3. The third-order valence-electron chi connectivity index (χ3n) is 26.3. The lowest BCUT2D eigenvalue weighted by Crippen LogP contribution is -2.24. The number of benzene rings is 6. The Morgan fingerprint density at radius 3 is 0.685 bits per heavy atom. The van der Waals surface area contributed by atoms with Crippen molar-refractivity contribution >= 4 is 70.5 Å². The molecule has 21 heteroatoms. The molecule has 0 amide bonds. The van der Waals surface area contributed by atoms with Gasteiger partial charge in [-0.1, -0.05) is 261 Å². The van der Waals surface area contributed by atoms with E-state index in [1.54, 1.807) is 42.5 Å². The molecule has 0 saturated heterocycles. The van der Waals surface area contributed by atoms with Crippen LogP contribution in [0.2, 0.25) is 0 Å². The van der Waals surface area contributed by atoms with E-state index in [2.05, 4.69) is 0 Å². The second kappa shape index (κ2) is 57.0. The molecule has 6 aromatic carbocycles. The largest absolute Gasteiger partial charge is 0.481 e. The van der Waals surface area contributed by atoms with Crippen LogP contribution < -0.4 is 0 Å². The molecule has 6 aromatic rings. The molecular formula is C106H137F3O18. The van der Waals surface area contributed by atoms with Crippen LogP contribution in [0.5, 0.6) is 0 Å². The number of carbonyl (C=O) groups is 12. The molecule has 127 heavy (non-hydrogen) atoms. The number of rotatable bonds is 36. The lowest BCUT2D eigenvalue weighted by Gasteiger charge is -2.17. The SMILES string of the molecule is Cc1ccc(CC(CC(=O)C2CCCC2)C(=O)O)cc1.Cc1ccc(CC(CC(=O)C2CCCCCC2)C(=O)O)cc1.O=C(O)C(CC(=O)C1CCCC1)Cc1cccc(F)c1.O=C(O)C(CC(=O)C1CCCCCC1)Cc1cccc(F)c1.O=C(O)C(CC(=O)C1CCCCCC1)Cc1ccccc1.O=C(O)C(CC(=O)C1CCCCCC1)Cc1ccccc1F. The monoisotopic (exact) mass is 1750 g/mol. The number of Topliss-reactive ketones (excluding diaryl/α,β-unsaturated/α-hetero) is 6. The Morgan fingerprint density at radius 2 is 0.449 bits per heavy atom. The van der Waals surface area contributed by atoms with Crippen LogP contribution in [-0.2, 0) is 96.1 Å². The Kier molecular flexibility index (Phi) is 46.7. The average molecular weight is 1760 g/mol. The Morgan fingerprint density at radius 1 is 0.244 bits per heavy atom. The summed E-state index contributed by atoms with van der Waals surface area (Å²) in [6.45, 7) is 4.01. The third-order valence-corrected chi connectivity index (χ3v) is 26.3. The number of aliphatic carboxylic acids is 6. The summed E-state index contributed by atoms with van der Waals surface area (Å²) in [4.78, 5) is 142. The molecule has 0 heterocycles. The molecule has 12 rings (SSSR count). The van der Waals surface area contributed by atoms with Crippen molar-refractivity contribution in [3.63, 3.8) is 0 Å². The number of hydrogen-bond donors (Lipinski definition) is 6. The van der Waals surface area contributed by atoms with Gasteiger partial charge in [0.1, 0.15) is 52.2 Å². The molecule has 0 bridgehead atoms. The molecular weight excluding hydrogens is 1620 g/mol. The first-order chi connectivity index (χ1) is 61.0. The molecule has 6 aliphatic carbocycles. The first kappa shape index (κ1) is 104. The highest BCUT2D eigenvalue weighted by Crippen LogP contribution is 2.35. The quantitative estimate of drug-likeness (QED) is 0.0199. The Labute approximate surface area is 748 Å². The molecule has 0 radical (unpaired) electrons. The van der Waals surface area contributed by atoms with Gasteiger partial charge in [0.15, 0.2) is 0 Å². The van der Waals surface area contributed by atoms with Crippen LogP contribution in [-0.4, -0.2) is 101 Å². The van der Waals surface area contributed by atoms with Crippen molar-refractivity contribution in [3.05, 3.63) is 214 Å². The highest BCUT2D eigenvalue weighted by atomic mass is 19.1. The fraction of sp³-hybridized carbons (Fsp3) is 0.547. The summed E-state index contributed by atoms with van der Waals surface area (Å²) in [6, 6.07) is 43.3. The van der Waals surface area contributed by atoms with Gasteiger partial charge in [0.05, 0.1) is 35.5 Å². The van der Waals surface area contributed by atoms with E-state index >= 15 is 0 Å². The first-order valence-electron chi connectivity index (χ1n) is 46.9. The number of carbonyl (C=O) groups excluding carboxylic acids is 6. The number of aryl methyl sites for hydroxylation is 2. The van der Waals surface area contributed by atoms with Gasteiger partial charge in [0.2, 0.25) is 0 Å². The zero-order valence-corrected chi connectivity index (χ0v) is 74.7. The lowest BCUT2D eigenvalue weighted by atomic mass is 9.86. The molecule has 6 fully saturated rings. The summed E-state index contributed by atoms with van der Waals surface area (Å²) in [5.41, 5.74) is 6.89. The van der Waals surface area contributed by atoms with E-state index < -0.39 is 77.1 Å². The van der Waals surface area contributed by atoms with Crippen LogP contribution in [0.4, 0.5) is 13.2 Å². The molecule has 6 aliphatic rings. The molecule has 6 atom stereocenters. The van der Waals surface area contributed by atoms with Crippen LogP contribution in [0.3, 0.4) is 0 Å². The van der Waals surface area contributed by atoms with Crippen molar-refractivity contribution in [1.29, 1.82) is 0 Å². The van der Waals surface area contributed by atoms with E-state index in [9.17, 15) is 101 Å². The van der Waals surface area contributed by atoms with Gasteiger partial charge >= 0.3 is 35.8 Å². The van der Waals surface area contributed by atoms with E-state index in [1.165, 1.54) is 56.0 Å². The van der Waals surface area contributed by atoms with Gasteiger partial charge in [0, 0.05) is 74.0 Å². The molecule has 0 spiro atoms. The smallest absolute Gasteiger partial charge is 0.307 e. The molecule has 0 aliphatic heterocycles. The van der Waals surface area contributed by atoms with Crippen LogP contribution in [0.25, 0.3) is 0 Å². The maximum atomic E-state index is 13.7. The van der Waals surface area contributed by atoms with Crippen molar-refractivity contribution < 1.29 is 101 Å². The van der Waals surface area contributed by atoms with Gasteiger partial charge in [-0.2, -0.15) is 0 Å². The zero-order chi connectivity index (χ0) is 92.0. The van der Waals surface area contributed by atoms with Gasteiger partial charge in [-0.15, -0.1) is 0 Å². The van der Waals surface area contributed by atoms with E-state index in [1.807, 2.05) is 92.7 Å². The minimum absolute atomic E-state index is 0.00827. The number of carboxylic acid groups (broad SMARTS) is 6. The molecule has 0 aromatic heterocycles. The Balaban J connectivity index is 0.000000209. The lowest BCUT2D eigenvalue weighted by molar-refractivity contribution is -0.144. The van der Waals surface area contributed by atoms with E-state index in [0.717, 1.165) is 208 Å². The minimum Gasteiger partial charge on any atom is -0.481 e. The number of carboxylic acids is 6. The number of hydrogen-bond acceptors (Lipinski definition) is 12. The molecule has 6 unspecified atom stereocenters. The van der Waals surface area contributed by atoms with Gasteiger partial charge < -0.3 is 30.6 Å². The molecule has 690 valence electrons. The van der Waals surface area contributed by atoms with Crippen LogP contribution in [0.15, 0.2) is 152 Å². The molecule has 6 saturated carbocycles. The Bertz CT molecular complexity index is 4400. The second-order valence-corrected chi connectivity index (χ2v) is 36.5. The summed E-state index contributed by atoms with van der Waals surface area (Å²) in [6.07, 6.45) is 35.7. The summed E-state index contributed by atoms with van der Waals surface area (Å²) in [5.74, 6) is -9.99. The van der Waals surface area contributed by atoms with Crippen molar-refractivity contribution in [3.8, 4) is 0 Å². The van der Waals surface area contributed by atoms with E-state index in [4.69, 9.17) is 0 Å². The summed E-state index contributed by atoms with van der Waals surface area (Å²) < 4.78 is 40.0. The fourth-order valence-corrected chi connectivity index (χ4v) is 18.6. The Hall–Kier alpha value is -10.1.